The van der Waals surface area contributed by atoms with Crippen LogP contribution in [0.25, 0.3) is 0 Å². The first kappa shape index (κ1) is 15.0. The molecule has 0 bridgehead atoms. The second-order valence-corrected chi connectivity index (χ2v) is 3.89. The Hall–Kier alpha value is -1.07. The van der Waals surface area contributed by atoms with Gasteiger partial charge in [-0.1, -0.05) is 19.1 Å². The molecule has 0 fully saturated rings. The first-order valence-corrected chi connectivity index (χ1v) is 5.97. The maximum atomic E-state index is 12.6. The van der Waals surface area contributed by atoms with E-state index in [0.717, 1.165) is 6.07 Å². The zero-order valence-corrected chi connectivity index (χ0v) is 10.6. The highest BCUT2D eigenvalue weighted by Gasteiger charge is 2.30. The lowest BCUT2D eigenvalue weighted by molar-refractivity contribution is -0.137. The quantitative estimate of drug-likeness (QED) is 0.847. The van der Waals surface area contributed by atoms with Crippen molar-refractivity contribution in [3.8, 4) is 0 Å². The molecule has 0 saturated carbocycles. The van der Waals surface area contributed by atoms with Crippen molar-refractivity contribution in [1.29, 1.82) is 0 Å². The minimum absolute atomic E-state index is 0.211. The van der Waals surface area contributed by atoms with Gasteiger partial charge in [-0.3, -0.25) is 0 Å². The zero-order valence-electron chi connectivity index (χ0n) is 10.6. The van der Waals surface area contributed by atoms with Gasteiger partial charge in [-0.2, -0.15) is 13.2 Å². The summed E-state index contributed by atoms with van der Waals surface area (Å²) in [6.45, 7) is 5.35. The number of likely N-dealkylation sites (N-methyl/N-ethyl adjacent to an activating group) is 1. The van der Waals surface area contributed by atoms with E-state index in [1.54, 1.807) is 6.07 Å². The number of alkyl halides is 3. The van der Waals surface area contributed by atoms with E-state index < -0.39 is 11.7 Å². The standard InChI is InChI=1S/C13H18F3NO/c1-3-17-12(9-18-4-2)10-6-5-7-11(8-10)13(14,15)16/h5-8,12,17H,3-4,9H2,1-2H3. The van der Waals surface area contributed by atoms with Crippen molar-refractivity contribution in [3.63, 3.8) is 0 Å². The first-order valence-electron chi connectivity index (χ1n) is 5.97. The minimum Gasteiger partial charge on any atom is -0.380 e. The van der Waals surface area contributed by atoms with E-state index in [1.165, 1.54) is 12.1 Å². The number of halogens is 3. The number of hydrogen-bond donors (Lipinski definition) is 1. The van der Waals surface area contributed by atoms with Crippen LogP contribution in [0.15, 0.2) is 24.3 Å². The largest absolute Gasteiger partial charge is 0.416 e. The number of hydrogen-bond acceptors (Lipinski definition) is 2. The molecule has 0 saturated heterocycles. The Morgan fingerprint density at radius 1 is 1.28 bits per heavy atom. The predicted molar refractivity (Wildman–Crippen MR) is 64.4 cm³/mol. The molecule has 1 rings (SSSR count). The molecule has 1 unspecified atom stereocenters. The molecule has 2 nitrogen and oxygen atoms in total. The van der Waals surface area contributed by atoms with E-state index in [2.05, 4.69) is 5.32 Å². The minimum atomic E-state index is -4.31. The lowest BCUT2D eigenvalue weighted by Crippen LogP contribution is -2.25. The fourth-order valence-corrected chi connectivity index (χ4v) is 1.69. The maximum absolute atomic E-state index is 12.6. The third-order valence-electron chi connectivity index (χ3n) is 2.56. The van der Waals surface area contributed by atoms with E-state index in [0.29, 0.717) is 25.3 Å². The monoisotopic (exact) mass is 261 g/mol. The molecule has 1 aromatic rings. The molecule has 0 radical (unpaired) electrons. The molecule has 0 spiro atoms. The highest BCUT2D eigenvalue weighted by atomic mass is 19.4. The Morgan fingerprint density at radius 3 is 2.56 bits per heavy atom. The van der Waals surface area contributed by atoms with Crippen LogP contribution in [0.4, 0.5) is 13.2 Å². The van der Waals surface area contributed by atoms with Crippen molar-refractivity contribution in [3.05, 3.63) is 35.4 Å². The smallest absolute Gasteiger partial charge is 0.380 e. The van der Waals surface area contributed by atoms with E-state index in [4.69, 9.17) is 4.74 Å². The molecule has 0 aromatic heterocycles. The van der Waals surface area contributed by atoms with Gasteiger partial charge in [0.25, 0.3) is 0 Å². The van der Waals surface area contributed by atoms with E-state index >= 15 is 0 Å². The van der Waals surface area contributed by atoms with E-state index in [1.807, 2.05) is 13.8 Å². The molecule has 102 valence electrons. The van der Waals surface area contributed by atoms with Crippen LogP contribution in [-0.2, 0) is 10.9 Å². The van der Waals surface area contributed by atoms with Gasteiger partial charge in [-0.25, -0.2) is 0 Å². The summed E-state index contributed by atoms with van der Waals surface area (Å²) in [7, 11) is 0. The Kier molecular flexibility index (Phi) is 5.62. The summed E-state index contributed by atoms with van der Waals surface area (Å²) in [5.74, 6) is 0. The third kappa shape index (κ3) is 4.31. The van der Waals surface area contributed by atoms with Gasteiger partial charge in [0, 0.05) is 6.61 Å². The van der Waals surface area contributed by atoms with Gasteiger partial charge in [0.15, 0.2) is 0 Å². The van der Waals surface area contributed by atoms with Crippen molar-refractivity contribution >= 4 is 0 Å². The summed E-state index contributed by atoms with van der Waals surface area (Å²) in [5.41, 5.74) is -0.0282. The molecule has 1 N–H and O–H groups in total. The molecule has 0 heterocycles. The zero-order chi connectivity index (χ0) is 13.6. The fourth-order valence-electron chi connectivity index (χ4n) is 1.69. The van der Waals surface area contributed by atoms with Crippen molar-refractivity contribution in [2.45, 2.75) is 26.1 Å². The van der Waals surface area contributed by atoms with Crippen molar-refractivity contribution in [2.24, 2.45) is 0 Å². The van der Waals surface area contributed by atoms with Crippen LogP contribution in [0.5, 0.6) is 0 Å². The summed E-state index contributed by atoms with van der Waals surface area (Å²) < 4.78 is 43.1. The summed E-state index contributed by atoms with van der Waals surface area (Å²) >= 11 is 0. The summed E-state index contributed by atoms with van der Waals surface area (Å²) in [4.78, 5) is 0. The molecule has 18 heavy (non-hydrogen) atoms. The first-order chi connectivity index (χ1) is 8.49. The lowest BCUT2D eigenvalue weighted by atomic mass is 10.0. The molecule has 0 aliphatic rings. The topological polar surface area (TPSA) is 21.3 Å². The Bertz CT molecular complexity index is 365. The van der Waals surface area contributed by atoms with Crippen LogP contribution in [0.1, 0.15) is 31.0 Å². The SMILES string of the molecule is CCNC(COCC)c1cccc(C(F)(F)F)c1. The molecule has 5 heteroatoms. The second kappa shape index (κ2) is 6.75. The third-order valence-corrected chi connectivity index (χ3v) is 2.56. The average molecular weight is 261 g/mol. The molecule has 1 aromatic carbocycles. The predicted octanol–water partition coefficient (Wildman–Crippen LogP) is 3.39. The molecule has 1 atom stereocenters. The number of ether oxygens (including phenoxy) is 1. The molecule has 0 aliphatic carbocycles. The highest BCUT2D eigenvalue weighted by Crippen LogP contribution is 2.30. The Labute approximate surface area is 105 Å². The van der Waals surface area contributed by atoms with Gasteiger partial charge in [0.05, 0.1) is 18.2 Å². The molecular weight excluding hydrogens is 243 g/mol. The fraction of sp³-hybridized carbons (Fsp3) is 0.538. The molecule has 0 amide bonds. The van der Waals surface area contributed by atoms with Crippen LogP contribution >= 0.6 is 0 Å². The van der Waals surface area contributed by atoms with E-state index in [9.17, 15) is 13.2 Å². The van der Waals surface area contributed by atoms with Gasteiger partial charge in [0.2, 0.25) is 0 Å². The summed E-state index contributed by atoms with van der Waals surface area (Å²) in [6.07, 6.45) is -4.31. The number of benzene rings is 1. The normalized spacial score (nSPS) is 13.6. The van der Waals surface area contributed by atoms with Gasteiger partial charge < -0.3 is 10.1 Å². The van der Waals surface area contributed by atoms with Crippen molar-refractivity contribution in [2.75, 3.05) is 19.8 Å². The van der Waals surface area contributed by atoms with Gasteiger partial charge in [-0.05, 0) is 31.2 Å². The average Bonchev–Trinajstić information content (AvgIpc) is 2.33. The van der Waals surface area contributed by atoms with Gasteiger partial charge in [-0.15, -0.1) is 0 Å². The van der Waals surface area contributed by atoms with Crippen LogP contribution in [0.2, 0.25) is 0 Å². The molecular formula is C13H18F3NO. The second-order valence-electron chi connectivity index (χ2n) is 3.89. The Balaban J connectivity index is 2.90. The Morgan fingerprint density at radius 2 is 2.00 bits per heavy atom. The van der Waals surface area contributed by atoms with Crippen LogP contribution in [-0.4, -0.2) is 19.8 Å². The van der Waals surface area contributed by atoms with Crippen molar-refractivity contribution in [1.82, 2.24) is 5.32 Å². The number of nitrogens with one attached hydrogen (secondary N) is 1. The van der Waals surface area contributed by atoms with Gasteiger partial charge in [0.1, 0.15) is 0 Å². The van der Waals surface area contributed by atoms with Crippen LogP contribution in [0.3, 0.4) is 0 Å². The van der Waals surface area contributed by atoms with Gasteiger partial charge >= 0.3 is 6.18 Å². The summed E-state index contributed by atoms with van der Waals surface area (Å²) in [5, 5.41) is 3.12. The number of rotatable bonds is 6. The van der Waals surface area contributed by atoms with E-state index in [-0.39, 0.29) is 6.04 Å². The highest BCUT2D eigenvalue weighted by molar-refractivity contribution is 5.28. The van der Waals surface area contributed by atoms with Crippen LogP contribution < -0.4 is 5.32 Å². The maximum Gasteiger partial charge on any atom is 0.416 e. The van der Waals surface area contributed by atoms with Crippen LogP contribution in [0, 0.1) is 0 Å². The van der Waals surface area contributed by atoms with Crippen molar-refractivity contribution < 1.29 is 17.9 Å². The molecule has 0 aliphatic heterocycles. The summed E-state index contributed by atoms with van der Waals surface area (Å²) in [6, 6.07) is 5.15. The lowest BCUT2D eigenvalue weighted by Gasteiger charge is -2.19.